The maximum Gasteiger partial charge on any atom is 0.279 e. The van der Waals surface area contributed by atoms with Gasteiger partial charge in [-0.3, -0.25) is 9.63 Å². The number of carbonyl (C=O) groups excluding carboxylic acids is 1. The molecule has 0 saturated carbocycles. The largest absolute Gasteiger partial charge is 0.457 e. The molecule has 0 aliphatic heterocycles. The van der Waals surface area contributed by atoms with Crippen LogP contribution in [0.1, 0.15) is 21.5 Å². The minimum absolute atomic E-state index is 0.303. The van der Waals surface area contributed by atoms with Crippen molar-refractivity contribution in [2.24, 2.45) is 0 Å². The number of hydroxylamine groups is 2. The second-order valence-corrected chi connectivity index (χ2v) is 7.06. The number of fused-ring (bicyclic) bond motifs is 1. The summed E-state index contributed by atoms with van der Waals surface area (Å²) in [6.45, 7) is 1.82. The Balaban J connectivity index is 1.68. The van der Waals surface area contributed by atoms with Crippen molar-refractivity contribution < 1.29 is 14.4 Å². The van der Waals surface area contributed by atoms with Crippen molar-refractivity contribution in [1.82, 2.24) is 14.7 Å². The molecule has 2 aromatic heterocycles. The summed E-state index contributed by atoms with van der Waals surface area (Å²) in [6, 6.07) is 19.1. The molecule has 0 saturated heterocycles. The highest BCUT2D eigenvalue weighted by Gasteiger charge is 2.22. The van der Waals surface area contributed by atoms with Gasteiger partial charge in [0.2, 0.25) is 0 Å². The molecule has 4 rings (SSSR count). The number of aryl methyl sites for hydroxylation is 1. The van der Waals surface area contributed by atoms with Crippen molar-refractivity contribution in [1.29, 1.82) is 5.26 Å². The number of nitriles is 1. The van der Waals surface area contributed by atoms with Crippen LogP contribution < -0.4 is 10.1 Å². The van der Waals surface area contributed by atoms with Gasteiger partial charge >= 0.3 is 0 Å². The van der Waals surface area contributed by atoms with Crippen molar-refractivity contribution in [3.05, 3.63) is 83.7 Å². The average Bonchev–Trinajstić information content (AvgIpc) is 3.16. The topological polar surface area (TPSA) is 91.9 Å². The van der Waals surface area contributed by atoms with Crippen LogP contribution in [-0.2, 0) is 4.84 Å². The van der Waals surface area contributed by atoms with Crippen LogP contribution in [0, 0.1) is 18.3 Å². The van der Waals surface area contributed by atoms with Gasteiger partial charge in [0, 0.05) is 18.9 Å². The van der Waals surface area contributed by atoms with E-state index in [1.807, 2.05) is 61.5 Å². The molecular weight excluding hydrogens is 406 g/mol. The van der Waals surface area contributed by atoms with E-state index in [1.54, 1.807) is 10.7 Å². The molecule has 0 unspecified atom stereocenters. The van der Waals surface area contributed by atoms with E-state index in [1.165, 1.54) is 20.4 Å². The Morgan fingerprint density at radius 1 is 1.12 bits per heavy atom. The van der Waals surface area contributed by atoms with Crippen LogP contribution in [0.4, 0.5) is 11.4 Å². The van der Waals surface area contributed by atoms with Crippen LogP contribution in [0.2, 0.25) is 0 Å². The van der Waals surface area contributed by atoms with Crippen molar-refractivity contribution >= 4 is 22.8 Å². The molecule has 2 aromatic carbocycles. The summed E-state index contributed by atoms with van der Waals surface area (Å²) in [5.41, 5.74) is 3.46. The van der Waals surface area contributed by atoms with Crippen LogP contribution in [0.3, 0.4) is 0 Å². The van der Waals surface area contributed by atoms with Gasteiger partial charge in [-0.15, -0.1) is 0 Å². The van der Waals surface area contributed by atoms with E-state index in [9.17, 15) is 10.1 Å². The van der Waals surface area contributed by atoms with Crippen molar-refractivity contribution in [3.63, 3.8) is 0 Å². The molecule has 0 spiro atoms. The molecule has 32 heavy (non-hydrogen) atoms. The number of benzene rings is 2. The fourth-order valence-corrected chi connectivity index (χ4v) is 3.34. The summed E-state index contributed by atoms with van der Waals surface area (Å²) in [5.74, 6) is 1.14. The normalized spacial score (nSPS) is 10.6. The molecule has 1 amide bonds. The van der Waals surface area contributed by atoms with Gasteiger partial charge in [-0.2, -0.15) is 10.4 Å². The first-order valence-corrected chi connectivity index (χ1v) is 9.85. The van der Waals surface area contributed by atoms with Crippen molar-refractivity contribution in [2.75, 3.05) is 19.5 Å². The first kappa shape index (κ1) is 20.9. The molecule has 0 bridgehead atoms. The lowest BCUT2D eigenvalue weighted by Gasteiger charge is -2.13. The zero-order chi connectivity index (χ0) is 22.7. The number of hydrogen-bond acceptors (Lipinski definition) is 6. The first-order chi connectivity index (χ1) is 15.5. The van der Waals surface area contributed by atoms with Crippen LogP contribution in [0.25, 0.3) is 5.52 Å². The minimum Gasteiger partial charge on any atom is -0.457 e. The number of ether oxygens (including phenoxy) is 1. The van der Waals surface area contributed by atoms with Crippen LogP contribution in [0.5, 0.6) is 11.5 Å². The summed E-state index contributed by atoms with van der Waals surface area (Å²) >= 11 is 0. The van der Waals surface area contributed by atoms with Gasteiger partial charge < -0.3 is 10.1 Å². The fourth-order valence-electron chi connectivity index (χ4n) is 3.34. The van der Waals surface area contributed by atoms with Gasteiger partial charge in [-0.25, -0.2) is 9.58 Å². The Morgan fingerprint density at radius 3 is 2.47 bits per heavy atom. The second-order valence-electron chi connectivity index (χ2n) is 7.06. The molecule has 160 valence electrons. The molecule has 0 fully saturated rings. The van der Waals surface area contributed by atoms with E-state index in [2.05, 4.69) is 16.5 Å². The Kier molecular flexibility index (Phi) is 5.75. The third kappa shape index (κ3) is 3.97. The highest BCUT2D eigenvalue weighted by atomic mass is 16.7. The lowest BCUT2D eigenvalue weighted by Crippen LogP contribution is -2.25. The molecule has 0 aliphatic carbocycles. The predicted molar refractivity (Wildman–Crippen MR) is 120 cm³/mol. The molecule has 0 radical (unpaired) electrons. The van der Waals surface area contributed by atoms with Gasteiger partial charge in [0.1, 0.15) is 17.6 Å². The van der Waals surface area contributed by atoms with E-state index in [0.29, 0.717) is 33.6 Å². The summed E-state index contributed by atoms with van der Waals surface area (Å²) < 4.78 is 7.42. The summed E-state index contributed by atoms with van der Waals surface area (Å²) in [7, 11) is 2.96. The number of para-hydroxylation sites is 1. The summed E-state index contributed by atoms with van der Waals surface area (Å²) in [6.07, 6.45) is 3.10. The summed E-state index contributed by atoms with van der Waals surface area (Å²) in [4.78, 5) is 17.7. The maximum atomic E-state index is 12.6. The monoisotopic (exact) mass is 427 g/mol. The van der Waals surface area contributed by atoms with Gasteiger partial charge in [0.05, 0.1) is 35.6 Å². The highest BCUT2D eigenvalue weighted by Crippen LogP contribution is 2.31. The number of amides is 1. The van der Waals surface area contributed by atoms with Gasteiger partial charge in [-0.05, 0) is 48.9 Å². The van der Waals surface area contributed by atoms with E-state index < -0.39 is 0 Å². The van der Waals surface area contributed by atoms with E-state index >= 15 is 0 Å². The standard InChI is InChI=1S/C24H21N5O3/c1-16-21(24(30)28(2)31-3)15-29-23(16)22(17(13-25)14-26-29)27-18-9-11-20(12-10-18)32-19-7-5-4-6-8-19/h4-12,14-15,27H,1-3H3. The lowest BCUT2D eigenvalue weighted by atomic mass is 10.1. The van der Waals surface area contributed by atoms with E-state index in [-0.39, 0.29) is 5.91 Å². The number of hydrogen-bond donors (Lipinski definition) is 1. The molecule has 0 aliphatic rings. The number of rotatable bonds is 6. The SMILES string of the molecule is CON(C)C(=O)c1cn2ncc(C#N)c(Nc3ccc(Oc4ccccc4)cc3)c2c1C. The lowest BCUT2D eigenvalue weighted by molar-refractivity contribution is -0.0757. The molecule has 8 nitrogen and oxygen atoms in total. The number of carbonyl (C=O) groups is 1. The third-order valence-electron chi connectivity index (χ3n) is 5.07. The number of nitrogens with zero attached hydrogens (tertiary/aromatic N) is 4. The maximum absolute atomic E-state index is 12.6. The quantitative estimate of drug-likeness (QED) is 0.449. The third-order valence-corrected chi connectivity index (χ3v) is 5.07. The minimum atomic E-state index is -0.303. The highest BCUT2D eigenvalue weighted by molar-refractivity contribution is 5.99. The van der Waals surface area contributed by atoms with Gasteiger partial charge in [-0.1, -0.05) is 18.2 Å². The van der Waals surface area contributed by atoms with E-state index in [0.717, 1.165) is 16.5 Å². The molecule has 0 atom stereocenters. The number of nitrogens with one attached hydrogen (secondary N) is 1. The summed E-state index contributed by atoms with van der Waals surface area (Å²) in [5, 5.41) is 18.4. The Bertz CT molecular complexity index is 1310. The van der Waals surface area contributed by atoms with Crippen LogP contribution >= 0.6 is 0 Å². The van der Waals surface area contributed by atoms with Crippen molar-refractivity contribution in [2.45, 2.75) is 6.92 Å². The zero-order valence-corrected chi connectivity index (χ0v) is 17.9. The second kappa shape index (κ2) is 8.79. The first-order valence-electron chi connectivity index (χ1n) is 9.85. The molecule has 1 N–H and O–H groups in total. The average molecular weight is 427 g/mol. The van der Waals surface area contributed by atoms with Crippen LogP contribution in [-0.4, -0.2) is 34.7 Å². The van der Waals surface area contributed by atoms with Gasteiger partial charge in [0.15, 0.2) is 0 Å². The fraction of sp³-hybridized carbons (Fsp3) is 0.125. The Labute approximate surface area is 185 Å². The predicted octanol–water partition coefficient (Wildman–Crippen LogP) is 4.68. The van der Waals surface area contributed by atoms with Crippen LogP contribution in [0.15, 0.2) is 67.0 Å². The van der Waals surface area contributed by atoms with E-state index in [4.69, 9.17) is 9.57 Å². The molecule has 8 heteroatoms. The molecular formula is C24H21N5O3. The smallest absolute Gasteiger partial charge is 0.279 e. The zero-order valence-electron chi connectivity index (χ0n) is 17.9. The van der Waals surface area contributed by atoms with Gasteiger partial charge in [0.25, 0.3) is 5.91 Å². The Hall–Kier alpha value is -4.35. The van der Waals surface area contributed by atoms with Crippen molar-refractivity contribution in [3.8, 4) is 17.6 Å². The molecule has 4 aromatic rings. The molecule has 2 heterocycles. The Morgan fingerprint density at radius 2 is 1.81 bits per heavy atom. The number of anilines is 2. The number of aromatic nitrogens is 2.